The lowest BCUT2D eigenvalue weighted by atomic mass is 10.1. The molecule has 3 nitrogen and oxygen atoms in total. The van der Waals surface area contributed by atoms with Crippen molar-refractivity contribution in [2.45, 2.75) is 24.8 Å². The maximum Gasteiger partial charge on any atom is 0.191 e. The molecule has 0 spiro atoms. The Kier molecular flexibility index (Phi) is 4.91. The molecule has 4 heteroatoms. The third-order valence-corrected chi connectivity index (χ3v) is 4.19. The number of benzene rings is 2. The highest BCUT2D eigenvalue weighted by Gasteiger charge is 2.40. The van der Waals surface area contributed by atoms with Crippen molar-refractivity contribution in [2.24, 2.45) is 4.99 Å². The summed E-state index contributed by atoms with van der Waals surface area (Å²) in [6.45, 7) is 0.820. The highest BCUT2D eigenvalue weighted by atomic mass is 19.1. The van der Waals surface area contributed by atoms with Crippen LogP contribution in [0.1, 0.15) is 23.5 Å². The zero-order valence-electron chi connectivity index (χ0n) is 13.3. The van der Waals surface area contributed by atoms with Crippen LogP contribution in [0.2, 0.25) is 0 Å². The second kappa shape index (κ2) is 7.27. The number of rotatable bonds is 5. The van der Waals surface area contributed by atoms with Crippen LogP contribution >= 0.6 is 0 Å². The highest BCUT2D eigenvalue weighted by Crippen LogP contribution is 2.41. The van der Waals surface area contributed by atoms with E-state index < -0.39 is 0 Å². The van der Waals surface area contributed by atoms with E-state index in [1.165, 1.54) is 11.6 Å². The predicted octanol–water partition coefficient (Wildman–Crippen LogP) is 3.09. The van der Waals surface area contributed by atoms with Crippen molar-refractivity contribution in [2.75, 3.05) is 13.6 Å². The van der Waals surface area contributed by atoms with E-state index in [1.807, 2.05) is 30.3 Å². The van der Waals surface area contributed by atoms with Gasteiger partial charge in [-0.2, -0.15) is 0 Å². The smallest absolute Gasteiger partial charge is 0.191 e. The van der Waals surface area contributed by atoms with E-state index in [4.69, 9.17) is 0 Å². The molecule has 0 radical (unpaired) electrons. The standard InChI is InChI=1S/C19H22FN3/c1-21-19(22-12-11-14-7-3-2-4-8-14)23-18-13-16(18)15-9-5-6-10-17(15)20/h2-10,16,18H,11-13H2,1H3,(H2,21,22,23). The molecule has 0 bridgehead atoms. The fourth-order valence-corrected chi connectivity index (χ4v) is 2.81. The molecule has 3 rings (SSSR count). The maximum absolute atomic E-state index is 13.8. The first-order valence-corrected chi connectivity index (χ1v) is 8.03. The van der Waals surface area contributed by atoms with Crippen LogP contribution in [0.5, 0.6) is 0 Å². The molecular weight excluding hydrogens is 289 g/mol. The molecule has 1 aliphatic rings. The molecule has 1 aliphatic carbocycles. The van der Waals surface area contributed by atoms with Gasteiger partial charge in [0.2, 0.25) is 0 Å². The summed E-state index contributed by atoms with van der Waals surface area (Å²) in [7, 11) is 1.76. The normalized spacial score (nSPS) is 20.2. The molecule has 120 valence electrons. The van der Waals surface area contributed by atoms with Crippen LogP contribution in [0, 0.1) is 5.82 Å². The Bertz CT molecular complexity index is 669. The summed E-state index contributed by atoms with van der Waals surface area (Å²) in [5, 5.41) is 6.70. The van der Waals surface area contributed by atoms with Crippen LogP contribution < -0.4 is 10.6 Å². The molecule has 1 saturated carbocycles. The lowest BCUT2D eigenvalue weighted by molar-refractivity contribution is 0.607. The Balaban J connectivity index is 1.47. The Morgan fingerprint density at radius 1 is 1.13 bits per heavy atom. The molecule has 2 unspecified atom stereocenters. The summed E-state index contributed by atoms with van der Waals surface area (Å²) in [4.78, 5) is 4.25. The highest BCUT2D eigenvalue weighted by molar-refractivity contribution is 5.80. The van der Waals surface area contributed by atoms with Crippen LogP contribution in [-0.2, 0) is 6.42 Å². The van der Waals surface area contributed by atoms with Crippen molar-refractivity contribution in [1.82, 2.24) is 10.6 Å². The molecule has 0 heterocycles. The molecule has 2 aromatic carbocycles. The number of nitrogens with one attached hydrogen (secondary N) is 2. The predicted molar refractivity (Wildman–Crippen MR) is 92.2 cm³/mol. The number of hydrogen-bond acceptors (Lipinski definition) is 1. The molecule has 2 atom stereocenters. The lowest BCUT2D eigenvalue weighted by Crippen LogP contribution is -2.39. The van der Waals surface area contributed by atoms with Gasteiger partial charge in [-0.1, -0.05) is 48.5 Å². The van der Waals surface area contributed by atoms with Gasteiger partial charge in [0.1, 0.15) is 5.82 Å². The van der Waals surface area contributed by atoms with Gasteiger partial charge in [-0.15, -0.1) is 0 Å². The maximum atomic E-state index is 13.8. The Morgan fingerprint density at radius 3 is 2.61 bits per heavy atom. The third-order valence-electron chi connectivity index (χ3n) is 4.19. The molecule has 23 heavy (non-hydrogen) atoms. The summed E-state index contributed by atoms with van der Waals surface area (Å²) >= 11 is 0. The Hall–Kier alpha value is -2.36. The van der Waals surface area contributed by atoms with Crippen molar-refractivity contribution >= 4 is 5.96 Å². The summed E-state index contributed by atoms with van der Waals surface area (Å²) in [5.74, 6) is 0.905. The van der Waals surface area contributed by atoms with Gasteiger partial charge in [0.15, 0.2) is 5.96 Å². The molecular formula is C19H22FN3. The van der Waals surface area contributed by atoms with Gasteiger partial charge >= 0.3 is 0 Å². The number of halogens is 1. The summed E-state index contributed by atoms with van der Waals surface area (Å²) in [6.07, 6.45) is 1.89. The topological polar surface area (TPSA) is 36.4 Å². The van der Waals surface area contributed by atoms with E-state index in [0.717, 1.165) is 30.9 Å². The van der Waals surface area contributed by atoms with Crippen molar-refractivity contribution in [3.8, 4) is 0 Å². The van der Waals surface area contributed by atoms with Crippen LogP contribution in [0.25, 0.3) is 0 Å². The van der Waals surface area contributed by atoms with Crippen LogP contribution in [-0.4, -0.2) is 25.6 Å². The lowest BCUT2D eigenvalue weighted by Gasteiger charge is -2.12. The van der Waals surface area contributed by atoms with Gasteiger partial charge in [-0.05, 0) is 30.0 Å². The minimum Gasteiger partial charge on any atom is -0.356 e. The Morgan fingerprint density at radius 2 is 1.87 bits per heavy atom. The molecule has 1 fully saturated rings. The van der Waals surface area contributed by atoms with E-state index in [9.17, 15) is 4.39 Å². The van der Waals surface area contributed by atoms with Crippen molar-refractivity contribution in [1.29, 1.82) is 0 Å². The van der Waals surface area contributed by atoms with Crippen molar-refractivity contribution in [3.63, 3.8) is 0 Å². The molecule has 2 aromatic rings. The van der Waals surface area contributed by atoms with Crippen LogP contribution in [0.15, 0.2) is 59.6 Å². The van der Waals surface area contributed by atoms with Gasteiger partial charge in [0.05, 0.1) is 0 Å². The zero-order chi connectivity index (χ0) is 16.1. The second-order valence-electron chi connectivity index (χ2n) is 5.85. The first-order chi connectivity index (χ1) is 11.3. The molecule has 0 aromatic heterocycles. The van der Waals surface area contributed by atoms with Gasteiger partial charge in [-0.25, -0.2) is 4.39 Å². The van der Waals surface area contributed by atoms with E-state index in [1.54, 1.807) is 13.1 Å². The molecule has 0 aliphatic heterocycles. The van der Waals surface area contributed by atoms with E-state index in [-0.39, 0.29) is 17.8 Å². The average molecular weight is 311 g/mol. The van der Waals surface area contributed by atoms with E-state index >= 15 is 0 Å². The van der Waals surface area contributed by atoms with Crippen molar-refractivity contribution in [3.05, 3.63) is 71.5 Å². The van der Waals surface area contributed by atoms with Crippen molar-refractivity contribution < 1.29 is 4.39 Å². The third kappa shape index (κ3) is 4.09. The zero-order valence-corrected chi connectivity index (χ0v) is 13.3. The molecule has 0 saturated heterocycles. The monoisotopic (exact) mass is 311 g/mol. The average Bonchev–Trinajstić information content (AvgIpc) is 3.34. The second-order valence-corrected chi connectivity index (χ2v) is 5.85. The number of aliphatic imine (C=N–C) groups is 1. The largest absolute Gasteiger partial charge is 0.356 e. The SMILES string of the molecule is CN=C(NCCc1ccccc1)NC1CC1c1ccccc1F. The number of nitrogens with zero attached hydrogens (tertiary/aromatic N) is 1. The van der Waals surface area contributed by atoms with E-state index in [0.29, 0.717) is 0 Å². The number of guanidine groups is 1. The number of hydrogen-bond donors (Lipinski definition) is 2. The van der Waals surface area contributed by atoms with Crippen LogP contribution in [0.3, 0.4) is 0 Å². The van der Waals surface area contributed by atoms with Gasteiger partial charge in [-0.3, -0.25) is 4.99 Å². The summed E-state index contributed by atoms with van der Waals surface area (Å²) in [5.41, 5.74) is 2.09. The summed E-state index contributed by atoms with van der Waals surface area (Å²) < 4.78 is 13.8. The fraction of sp³-hybridized carbons (Fsp3) is 0.316. The first kappa shape index (κ1) is 15.5. The summed E-state index contributed by atoms with van der Waals surface area (Å²) in [6, 6.07) is 17.6. The fourth-order valence-electron chi connectivity index (χ4n) is 2.81. The van der Waals surface area contributed by atoms with Gasteiger partial charge < -0.3 is 10.6 Å². The van der Waals surface area contributed by atoms with Gasteiger partial charge in [0, 0.05) is 25.6 Å². The molecule has 0 amide bonds. The first-order valence-electron chi connectivity index (χ1n) is 8.03. The van der Waals surface area contributed by atoms with Gasteiger partial charge in [0.25, 0.3) is 0 Å². The minimum atomic E-state index is -0.117. The van der Waals surface area contributed by atoms with E-state index in [2.05, 4.69) is 27.8 Å². The molecule has 2 N–H and O–H groups in total. The Labute approximate surface area is 136 Å². The van der Waals surface area contributed by atoms with Crippen LogP contribution in [0.4, 0.5) is 4.39 Å². The minimum absolute atomic E-state index is 0.117. The quantitative estimate of drug-likeness (QED) is 0.657.